The molecular weight excluding hydrogens is 466 g/mol. The van der Waals surface area contributed by atoms with Crippen LogP contribution in [-0.2, 0) is 14.3 Å². The van der Waals surface area contributed by atoms with E-state index in [4.69, 9.17) is 9.15 Å². The number of anilines is 1. The fourth-order valence-electron chi connectivity index (χ4n) is 3.82. The number of hydrogen-bond donors (Lipinski definition) is 3. The summed E-state index contributed by atoms with van der Waals surface area (Å²) >= 11 is 0. The average molecular weight is 492 g/mol. The molecule has 1 aromatic heterocycles. The number of benzene rings is 1. The number of nitrogens with zero attached hydrogens (tertiary/aromatic N) is 1. The van der Waals surface area contributed by atoms with Crippen LogP contribution in [0, 0.1) is 17.6 Å². The zero-order valence-corrected chi connectivity index (χ0v) is 19.3. The molecule has 1 aliphatic rings. The Morgan fingerprint density at radius 1 is 1.17 bits per heavy atom. The van der Waals surface area contributed by atoms with Crippen LogP contribution in [0.5, 0.6) is 0 Å². The lowest BCUT2D eigenvalue weighted by atomic mass is 10.0. The van der Waals surface area contributed by atoms with E-state index < -0.39 is 53.6 Å². The first-order valence-electron chi connectivity index (χ1n) is 10.9. The van der Waals surface area contributed by atoms with E-state index in [-0.39, 0.29) is 30.3 Å². The SMILES string of the molecule is COC(=O)C(NC(=O)C1C(NC(=O)Nc2ccc(F)cc2F)CCN1C(=O)c1ccco1)C(C)C. The van der Waals surface area contributed by atoms with Gasteiger partial charge < -0.3 is 30.0 Å². The van der Waals surface area contributed by atoms with Gasteiger partial charge in [-0.05, 0) is 36.6 Å². The predicted molar refractivity (Wildman–Crippen MR) is 119 cm³/mol. The molecule has 2 aromatic rings. The number of urea groups is 1. The number of esters is 1. The molecule has 3 unspecified atom stereocenters. The lowest BCUT2D eigenvalue weighted by Crippen LogP contribution is -2.58. The number of halogens is 2. The summed E-state index contributed by atoms with van der Waals surface area (Å²) in [5.74, 6) is -4.04. The molecule has 1 fully saturated rings. The maximum absolute atomic E-state index is 13.9. The minimum atomic E-state index is -1.21. The van der Waals surface area contributed by atoms with E-state index in [1.54, 1.807) is 13.8 Å². The van der Waals surface area contributed by atoms with E-state index in [2.05, 4.69) is 16.0 Å². The first-order chi connectivity index (χ1) is 16.6. The number of nitrogens with one attached hydrogen (secondary N) is 3. The summed E-state index contributed by atoms with van der Waals surface area (Å²) in [6, 6.07) is 1.66. The molecule has 0 spiro atoms. The maximum atomic E-state index is 13.9. The predicted octanol–water partition coefficient (Wildman–Crippen LogP) is 2.28. The highest BCUT2D eigenvalue weighted by atomic mass is 19.1. The van der Waals surface area contributed by atoms with Gasteiger partial charge in [0.2, 0.25) is 5.91 Å². The summed E-state index contributed by atoms with van der Waals surface area (Å²) in [6.45, 7) is 3.52. The van der Waals surface area contributed by atoms with Gasteiger partial charge in [0.1, 0.15) is 23.7 Å². The van der Waals surface area contributed by atoms with Gasteiger partial charge in [-0.2, -0.15) is 0 Å². The number of amides is 4. The van der Waals surface area contributed by atoms with Crippen molar-refractivity contribution in [2.75, 3.05) is 19.0 Å². The highest BCUT2D eigenvalue weighted by Gasteiger charge is 2.44. The monoisotopic (exact) mass is 492 g/mol. The van der Waals surface area contributed by atoms with Gasteiger partial charge in [0, 0.05) is 12.6 Å². The van der Waals surface area contributed by atoms with E-state index >= 15 is 0 Å². The van der Waals surface area contributed by atoms with Crippen molar-refractivity contribution in [1.29, 1.82) is 0 Å². The Hall–Kier alpha value is -3.96. The molecule has 2 heterocycles. The third kappa shape index (κ3) is 5.94. The fraction of sp³-hybridized carbons (Fsp3) is 0.391. The second-order valence-electron chi connectivity index (χ2n) is 8.29. The van der Waals surface area contributed by atoms with Crippen molar-refractivity contribution in [3.8, 4) is 0 Å². The van der Waals surface area contributed by atoms with Crippen LogP contribution in [0.4, 0.5) is 19.3 Å². The van der Waals surface area contributed by atoms with Crippen LogP contribution >= 0.6 is 0 Å². The fourth-order valence-corrected chi connectivity index (χ4v) is 3.82. The number of carbonyl (C=O) groups excluding carboxylic acids is 4. The number of rotatable bonds is 7. The Morgan fingerprint density at radius 3 is 2.51 bits per heavy atom. The van der Waals surface area contributed by atoms with Crippen LogP contribution in [0.1, 0.15) is 30.8 Å². The molecule has 10 nitrogen and oxygen atoms in total. The van der Waals surface area contributed by atoms with Crippen molar-refractivity contribution >= 4 is 29.5 Å². The largest absolute Gasteiger partial charge is 0.467 e. The Balaban J connectivity index is 1.81. The van der Waals surface area contributed by atoms with E-state index in [0.717, 1.165) is 12.1 Å². The molecule has 0 bridgehead atoms. The quantitative estimate of drug-likeness (QED) is 0.509. The highest BCUT2D eigenvalue weighted by Crippen LogP contribution is 2.23. The molecule has 35 heavy (non-hydrogen) atoms. The summed E-state index contributed by atoms with van der Waals surface area (Å²) < 4.78 is 37.0. The molecule has 1 aliphatic heterocycles. The Kier molecular flexibility index (Phi) is 8.05. The number of carbonyl (C=O) groups is 4. The number of ether oxygens (including phenoxy) is 1. The lowest BCUT2D eigenvalue weighted by Gasteiger charge is -2.29. The second-order valence-corrected chi connectivity index (χ2v) is 8.29. The first kappa shape index (κ1) is 25.7. The minimum absolute atomic E-state index is 0.00494. The molecule has 12 heteroatoms. The molecule has 1 saturated heterocycles. The smallest absolute Gasteiger partial charge is 0.328 e. The molecule has 3 atom stereocenters. The molecule has 3 rings (SSSR count). The Bertz CT molecular complexity index is 1090. The molecular formula is C23H26F2N4O6. The number of furan rings is 1. The Labute approximate surface area is 200 Å². The van der Waals surface area contributed by atoms with Crippen molar-refractivity contribution in [3.63, 3.8) is 0 Å². The molecule has 1 aromatic carbocycles. The van der Waals surface area contributed by atoms with E-state index in [0.29, 0.717) is 6.07 Å². The first-order valence-corrected chi connectivity index (χ1v) is 10.9. The topological polar surface area (TPSA) is 130 Å². The van der Waals surface area contributed by atoms with E-state index in [9.17, 15) is 28.0 Å². The molecule has 3 N–H and O–H groups in total. The molecule has 0 aliphatic carbocycles. The average Bonchev–Trinajstić information content (AvgIpc) is 3.48. The van der Waals surface area contributed by atoms with Crippen LogP contribution in [0.25, 0.3) is 0 Å². The normalized spacial score (nSPS) is 18.2. The van der Waals surface area contributed by atoms with Gasteiger partial charge in [0.25, 0.3) is 5.91 Å². The van der Waals surface area contributed by atoms with Crippen LogP contribution in [-0.4, -0.2) is 60.5 Å². The summed E-state index contributed by atoms with van der Waals surface area (Å²) in [6.07, 6.45) is 1.50. The van der Waals surface area contributed by atoms with Crippen LogP contribution in [0.3, 0.4) is 0 Å². The van der Waals surface area contributed by atoms with Crippen molar-refractivity contribution in [3.05, 3.63) is 54.0 Å². The molecule has 4 amide bonds. The van der Waals surface area contributed by atoms with Gasteiger partial charge in [-0.1, -0.05) is 13.8 Å². The molecule has 188 valence electrons. The van der Waals surface area contributed by atoms with Gasteiger partial charge in [-0.3, -0.25) is 9.59 Å². The van der Waals surface area contributed by atoms with E-state index in [1.165, 1.54) is 30.4 Å². The third-order valence-corrected chi connectivity index (χ3v) is 5.57. The number of methoxy groups -OCH3 is 1. The van der Waals surface area contributed by atoms with Crippen molar-refractivity contribution < 1.29 is 37.1 Å². The summed E-state index contributed by atoms with van der Waals surface area (Å²) in [4.78, 5) is 52.2. The Morgan fingerprint density at radius 2 is 1.91 bits per heavy atom. The second kappa shape index (κ2) is 11.0. The van der Waals surface area contributed by atoms with Crippen LogP contribution in [0.2, 0.25) is 0 Å². The zero-order valence-electron chi connectivity index (χ0n) is 19.3. The van der Waals surface area contributed by atoms with Crippen molar-refractivity contribution in [2.45, 2.75) is 38.4 Å². The van der Waals surface area contributed by atoms with Crippen molar-refractivity contribution in [2.24, 2.45) is 5.92 Å². The van der Waals surface area contributed by atoms with Gasteiger partial charge >= 0.3 is 12.0 Å². The molecule has 0 radical (unpaired) electrons. The van der Waals surface area contributed by atoms with Crippen LogP contribution in [0.15, 0.2) is 41.0 Å². The van der Waals surface area contributed by atoms with Crippen LogP contribution < -0.4 is 16.0 Å². The van der Waals surface area contributed by atoms with Gasteiger partial charge in [0.15, 0.2) is 5.76 Å². The zero-order chi connectivity index (χ0) is 25.7. The standard InChI is InChI=1S/C23H26F2N4O6/c1-12(2)18(22(32)34-3)28-20(30)19-16(8-9-29(19)21(31)17-5-4-10-35-17)27-23(33)26-15-7-6-13(24)11-14(15)25/h4-7,10-12,16,18-19H,8-9H2,1-3H3,(H,28,30)(H2,26,27,33). The minimum Gasteiger partial charge on any atom is -0.467 e. The number of hydrogen-bond acceptors (Lipinski definition) is 6. The number of likely N-dealkylation sites (tertiary alicyclic amines) is 1. The van der Waals surface area contributed by atoms with Gasteiger partial charge in [-0.25, -0.2) is 18.4 Å². The highest BCUT2D eigenvalue weighted by molar-refractivity contribution is 5.98. The lowest BCUT2D eigenvalue weighted by molar-refractivity contribution is -0.146. The third-order valence-electron chi connectivity index (χ3n) is 5.57. The summed E-state index contributed by atoms with van der Waals surface area (Å²) in [7, 11) is 1.19. The summed E-state index contributed by atoms with van der Waals surface area (Å²) in [5, 5.41) is 7.42. The van der Waals surface area contributed by atoms with E-state index in [1.807, 2.05) is 0 Å². The van der Waals surface area contributed by atoms with Gasteiger partial charge in [-0.15, -0.1) is 0 Å². The maximum Gasteiger partial charge on any atom is 0.328 e. The summed E-state index contributed by atoms with van der Waals surface area (Å²) in [5.41, 5.74) is -0.267. The molecule has 0 saturated carbocycles. The van der Waals surface area contributed by atoms with Crippen molar-refractivity contribution in [1.82, 2.24) is 15.5 Å². The van der Waals surface area contributed by atoms with Gasteiger partial charge in [0.05, 0.1) is 25.1 Å².